The Kier molecular flexibility index (Phi) is 2.83. The van der Waals surface area contributed by atoms with Crippen molar-refractivity contribution in [2.24, 2.45) is 0 Å². The standard InChI is InChI=1S/C14H13NO2/c1-9-7-13(15)12(14(16)17)8-11(9)10-5-3-2-4-6-10/h2-8H,15H2,1H3,(H,16,17). The summed E-state index contributed by atoms with van der Waals surface area (Å²) in [6, 6.07) is 13.0. The summed E-state index contributed by atoms with van der Waals surface area (Å²) < 4.78 is 0. The fourth-order valence-corrected chi connectivity index (χ4v) is 1.84. The van der Waals surface area contributed by atoms with Gasteiger partial charge in [0, 0.05) is 5.69 Å². The van der Waals surface area contributed by atoms with Gasteiger partial charge in [-0.2, -0.15) is 0 Å². The first kappa shape index (κ1) is 11.2. The fourth-order valence-electron chi connectivity index (χ4n) is 1.84. The van der Waals surface area contributed by atoms with Gasteiger partial charge in [0.25, 0.3) is 0 Å². The van der Waals surface area contributed by atoms with E-state index in [1.54, 1.807) is 12.1 Å². The first-order valence-corrected chi connectivity index (χ1v) is 5.28. The lowest BCUT2D eigenvalue weighted by Crippen LogP contribution is -2.03. The Morgan fingerprint density at radius 2 is 1.82 bits per heavy atom. The number of hydrogen-bond acceptors (Lipinski definition) is 2. The van der Waals surface area contributed by atoms with Crippen LogP contribution in [-0.4, -0.2) is 11.1 Å². The zero-order valence-electron chi connectivity index (χ0n) is 9.47. The molecule has 0 aliphatic carbocycles. The molecule has 2 aromatic rings. The van der Waals surface area contributed by atoms with E-state index < -0.39 is 5.97 Å². The Morgan fingerprint density at radius 1 is 1.18 bits per heavy atom. The van der Waals surface area contributed by atoms with Crippen LogP contribution in [0, 0.1) is 6.92 Å². The summed E-state index contributed by atoms with van der Waals surface area (Å²) in [4.78, 5) is 11.0. The number of anilines is 1. The molecule has 86 valence electrons. The molecule has 2 rings (SSSR count). The summed E-state index contributed by atoms with van der Waals surface area (Å²) in [5.74, 6) is -1.00. The SMILES string of the molecule is Cc1cc(N)c(C(=O)O)cc1-c1ccccc1. The highest BCUT2D eigenvalue weighted by Crippen LogP contribution is 2.27. The van der Waals surface area contributed by atoms with Crippen LogP contribution in [0.5, 0.6) is 0 Å². The predicted molar refractivity (Wildman–Crippen MR) is 68.0 cm³/mol. The molecule has 0 aromatic heterocycles. The second kappa shape index (κ2) is 4.29. The van der Waals surface area contributed by atoms with Gasteiger partial charge in [-0.15, -0.1) is 0 Å². The molecule has 3 heteroatoms. The molecule has 0 fully saturated rings. The van der Waals surface area contributed by atoms with Crippen LogP contribution in [-0.2, 0) is 0 Å². The number of nitrogen functional groups attached to an aromatic ring is 1. The molecule has 2 aromatic carbocycles. The number of hydrogen-bond donors (Lipinski definition) is 2. The van der Waals surface area contributed by atoms with Crippen LogP contribution in [0.25, 0.3) is 11.1 Å². The minimum atomic E-state index is -1.00. The zero-order chi connectivity index (χ0) is 12.4. The van der Waals surface area contributed by atoms with Gasteiger partial charge in [-0.25, -0.2) is 4.79 Å². The van der Waals surface area contributed by atoms with E-state index in [0.29, 0.717) is 5.69 Å². The van der Waals surface area contributed by atoms with E-state index in [-0.39, 0.29) is 5.56 Å². The second-order valence-electron chi connectivity index (χ2n) is 3.93. The molecule has 0 heterocycles. The molecule has 17 heavy (non-hydrogen) atoms. The normalized spacial score (nSPS) is 10.2. The van der Waals surface area contributed by atoms with Crippen LogP contribution in [0.15, 0.2) is 42.5 Å². The van der Waals surface area contributed by atoms with Crippen LogP contribution >= 0.6 is 0 Å². The van der Waals surface area contributed by atoms with Crippen LogP contribution in [0.3, 0.4) is 0 Å². The van der Waals surface area contributed by atoms with Crippen molar-refractivity contribution in [1.29, 1.82) is 0 Å². The number of carboxylic acid groups (broad SMARTS) is 1. The monoisotopic (exact) mass is 227 g/mol. The van der Waals surface area contributed by atoms with E-state index in [9.17, 15) is 4.79 Å². The van der Waals surface area contributed by atoms with E-state index in [1.807, 2.05) is 37.3 Å². The van der Waals surface area contributed by atoms with Crippen molar-refractivity contribution in [1.82, 2.24) is 0 Å². The maximum atomic E-state index is 11.0. The lowest BCUT2D eigenvalue weighted by molar-refractivity contribution is 0.0698. The highest BCUT2D eigenvalue weighted by Gasteiger charge is 2.11. The summed E-state index contributed by atoms with van der Waals surface area (Å²) in [6.07, 6.45) is 0. The molecular weight excluding hydrogens is 214 g/mol. The zero-order valence-corrected chi connectivity index (χ0v) is 9.47. The summed E-state index contributed by atoms with van der Waals surface area (Å²) in [7, 11) is 0. The molecule has 0 saturated heterocycles. The maximum Gasteiger partial charge on any atom is 0.337 e. The van der Waals surface area contributed by atoms with Gasteiger partial charge in [0.1, 0.15) is 0 Å². The van der Waals surface area contributed by atoms with Gasteiger partial charge < -0.3 is 10.8 Å². The van der Waals surface area contributed by atoms with Crippen LogP contribution in [0.4, 0.5) is 5.69 Å². The van der Waals surface area contributed by atoms with E-state index in [0.717, 1.165) is 16.7 Å². The molecule has 0 spiro atoms. The van der Waals surface area contributed by atoms with Gasteiger partial charge in [0.15, 0.2) is 0 Å². The number of carbonyl (C=O) groups is 1. The Labute approximate surface area is 99.5 Å². The third-order valence-electron chi connectivity index (χ3n) is 2.71. The third-order valence-corrected chi connectivity index (χ3v) is 2.71. The first-order valence-electron chi connectivity index (χ1n) is 5.28. The van der Waals surface area contributed by atoms with Crippen LogP contribution in [0.1, 0.15) is 15.9 Å². The molecule has 0 aliphatic rings. The quantitative estimate of drug-likeness (QED) is 0.775. The smallest absolute Gasteiger partial charge is 0.337 e. The summed E-state index contributed by atoms with van der Waals surface area (Å²) in [5.41, 5.74) is 9.00. The second-order valence-corrected chi connectivity index (χ2v) is 3.93. The molecule has 0 bridgehead atoms. The Bertz CT molecular complexity index is 562. The summed E-state index contributed by atoms with van der Waals surface area (Å²) in [6.45, 7) is 1.92. The van der Waals surface area contributed by atoms with Gasteiger partial charge in [0.05, 0.1) is 5.56 Å². The minimum absolute atomic E-state index is 0.148. The lowest BCUT2D eigenvalue weighted by Gasteiger charge is -2.09. The molecule has 0 saturated carbocycles. The summed E-state index contributed by atoms with van der Waals surface area (Å²) in [5, 5.41) is 9.05. The van der Waals surface area contributed by atoms with E-state index in [4.69, 9.17) is 10.8 Å². The van der Waals surface area contributed by atoms with Gasteiger partial charge in [-0.3, -0.25) is 0 Å². The third kappa shape index (κ3) is 2.13. The van der Waals surface area contributed by atoms with Crippen molar-refractivity contribution >= 4 is 11.7 Å². The highest BCUT2D eigenvalue weighted by molar-refractivity contribution is 5.95. The Hall–Kier alpha value is -2.29. The number of aryl methyl sites for hydroxylation is 1. The molecule has 0 atom stereocenters. The van der Waals surface area contributed by atoms with E-state index in [2.05, 4.69) is 0 Å². The average molecular weight is 227 g/mol. The van der Waals surface area contributed by atoms with Gasteiger partial charge in [-0.05, 0) is 35.7 Å². The van der Waals surface area contributed by atoms with Crippen LogP contribution < -0.4 is 5.73 Å². The van der Waals surface area contributed by atoms with Crippen LogP contribution in [0.2, 0.25) is 0 Å². The highest BCUT2D eigenvalue weighted by atomic mass is 16.4. The van der Waals surface area contributed by atoms with E-state index >= 15 is 0 Å². The molecule has 0 radical (unpaired) electrons. The number of carboxylic acids is 1. The first-order chi connectivity index (χ1) is 8.09. The Balaban J connectivity index is 2.63. The number of nitrogens with two attached hydrogens (primary N) is 1. The number of aromatic carboxylic acids is 1. The maximum absolute atomic E-state index is 11.0. The van der Waals surface area contributed by atoms with Crippen molar-refractivity contribution in [3.05, 3.63) is 53.6 Å². The van der Waals surface area contributed by atoms with Crippen molar-refractivity contribution in [2.75, 3.05) is 5.73 Å². The van der Waals surface area contributed by atoms with Crippen molar-refractivity contribution in [3.63, 3.8) is 0 Å². The minimum Gasteiger partial charge on any atom is -0.478 e. The fraction of sp³-hybridized carbons (Fsp3) is 0.0714. The van der Waals surface area contributed by atoms with Gasteiger partial charge >= 0.3 is 5.97 Å². The predicted octanol–water partition coefficient (Wildman–Crippen LogP) is 2.94. The summed E-state index contributed by atoms with van der Waals surface area (Å²) >= 11 is 0. The average Bonchev–Trinajstić information content (AvgIpc) is 2.29. The topological polar surface area (TPSA) is 63.3 Å². The molecule has 0 aliphatic heterocycles. The molecule has 0 amide bonds. The molecule has 0 unspecified atom stereocenters. The van der Waals surface area contributed by atoms with Gasteiger partial charge in [0.2, 0.25) is 0 Å². The van der Waals surface area contributed by atoms with Gasteiger partial charge in [-0.1, -0.05) is 30.3 Å². The Morgan fingerprint density at radius 3 is 2.41 bits per heavy atom. The molecule has 3 nitrogen and oxygen atoms in total. The van der Waals surface area contributed by atoms with Crippen molar-refractivity contribution in [2.45, 2.75) is 6.92 Å². The number of benzene rings is 2. The lowest BCUT2D eigenvalue weighted by atomic mass is 9.97. The van der Waals surface area contributed by atoms with E-state index in [1.165, 1.54) is 0 Å². The van der Waals surface area contributed by atoms with Crippen molar-refractivity contribution < 1.29 is 9.90 Å². The molecular formula is C14H13NO2. The number of rotatable bonds is 2. The molecule has 3 N–H and O–H groups in total. The van der Waals surface area contributed by atoms with Crippen molar-refractivity contribution in [3.8, 4) is 11.1 Å². The largest absolute Gasteiger partial charge is 0.478 e.